The molecule has 32 heavy (non-hydrogen) atoms. The molecule has 0 aliphatic heterocycles. The fraction of sp³-hybridized carbons (Fsp3) is 0.0323. The second-order valence-corrected chi connectivity index (χ2v) is 8.79. The molecule has 0 amide bonds. The predicted octanol–water partition coefficient (Wildman–Crippen LogP) is 8.01. The van der Waals surface area contributed by atoms with Crippen molar-refractivity contribution in [1.29, 1.82) is 0 Å². The molecule has 5 aromatic rings. The maximum atomic E-state index is 4.82. The molecule has 0 saturated carbocycles. The molecule has 1 aliphatic carbocycles. The Labute approximate surface area is 194 Å². The highest BCUT2D eigenvalue weighted by Crippen LogP contribution is 2.56. The Hall–Kier alpha value is -3.55. The van der Waals surface area contributed by atoms with E-state index in [1.807, 2.05) is 0 Å². The Morgan fingerprint density at radius 2 is 0.969 bits per heavy atom. The zero-order chi connectivity index (χ0) is 21.5. The quantitative estimate of drug-likeness (QED) is 0.272. The van der Waals surface area contributed by atoms with E-state index in [9.17, 15) is 0 Å². The van der Waals surface area contributed by atoms with Crippen LogP contribution < -0.4 is 0 Å². The third-order valence-electron chi connectivity index (χ3n) is 6.67. The molecule has 0 heterocycles. The van der Waals surface area contributed by atoms with Crippen LogP contribution in [-0.4, -0.2) is 0 Å². The Kier molecular flexibility index (Phi) is 4.52. The molecule has 0 nitrogen and oxygen atoms in total. The molecule has 0 radical (unpaired) electrons. The van der Waals surface area contributed by atoms with E-state index in [4.69, 9.17) is 12.6 Å². The van der Waals surface area contributed by atoms with Crippen LogP contribution in [0.1, 0.15) is 22.3 Å². The first-order valence-corrected chi connectivity index (χ1v) is 11.4. The van der Waals surface area contributed by atoms with E-state index in [1.54, 1.807) is 0 Å². The Morgan fingerprint density at radius 1 is 0.438 bits per heavy atom. The molecule has 0 N–H and O–H groups in total. The first kappa shape index (κ1) is 19.2. The summed E-state index contributed by atoms with van der Waals surface area (Å²) in [5.74, 6) is 0. The topological polar surface area (TPSA) is 0 Å². The van der Waals surface area contributed by atoms with E-state index in [0.717, 1.165) is 10.5 Å². The van der Waals surface area contributed by atoms with Crippen molar-refractivity contribution >= 4 is 12.6 Å². The average molecular weight is 427 g/mol. The number of fused-ring (bicyclic) bond motifs is 3. The SMILES string of the molecule is Sc1ccc(C2(c3ccccc3)c3ccccc3-c3ccccc32)cc1-c1ccccc1. The molecule has 152 valence electrons. The lowest BCUT2D eigenvalue weighted by molar-refractivity contribution is 0.768. The fourth-order valence-corrected chi connectivity index (χ4v) is 5.60. The fourth-order valence-electron chi connectivity index (χ4n) is 5.33. The van der Waals surface area contributed by atoms with Gasteiger partial charge in [-0.2, -0.15) is 0 Å². The van der Waals surface area contributed by atoms with Crippen LogP contribution in [0.2, 0.25) is 0 Å². The largest absolute Gasteiger partial charge is 0.143 e. The molecular formula is C31H22S. The Balaban J connectivity index is 1.73. The highest BCUT2D eigenvalue weighted by atomic mass is 32.1. The van der Waals surface area contributed by atoms with Crippen LogP contribution in [0.4, 0.5) is 0 Å². The van der Waals surface area contributed by atoms with Gasteiger partial charge in [-0.3, -0.25) is 0 Å². The van der Waals surface area contributed by atoms with E-state index in [-0.39, 0.29) is 5.41 Å². The van der Waals surface area contributed by atoms with Crippen molar-refractivity contribution in [3.8, 4) is 22.3 Å². The zero-order valence-electron chi connectivity index (χ0n) is 17.6. The molecule has 0 aromatic heterocycles. The zero-order valence-corrected chi connectivity index (χ0v) is 18.5. The molecule has 0 fully saturated rings. The number of benzene rings is 5. The lowest BCUT2D eigenvalue weighted by Crippen LogP contribution is -2.28. The third kappa shape index (κ3) is 2.71. The van der Waals surface area contributed by atoms with Gasteiger partial charge in [0.05, 0.1) is 5.41 Å². The van der Waals surface area contributed by atoms with Gasteiger partial charge in [0.2, 0.25) is 0 Å². The molecule has 0 atom stereocenters. The lowest BCUT2D eigenvalue weighted by Gasteiger charge is -2.34. The number of hydrogen-bond donors (Lipinski definition) is 1. The smallest absolute Gasteiger partial charge is 0.0713 e. The Bertz CT molecular complexity index is 1370. The molecule has 0 bridgehead atoms. The van der Waals surface area contributed by atoms with E-state index < -0.39 is 0 Å². The molecular weight excluding hydrogens is 404 g/mol. The Morgan fingerprint density at radius 3 is 1.59 bits per heavy atom. The summed E-state index contributed by atoms with van der Waals surface area (Å²) < 4.78 is 0. The van der Waals surface area contributed by atoms with Crippen LogP contribution in [0.15, 0.2) is 132 Å². The van der Waals surface area contributed by atoms with Gasteiger partial charge in [0.15, 0.2) is 0 Å². The molecule has 0 spiro atoms. The van der Waals surface area contributed by atoms with E-state index in [1.165, 1.54) is 38.9 Å². The van der Waals surface area contributed by atoms with Gasteiger partial charge in [-0.05, 0) is 56.6 Å². The van der Waals surface area contributed by atoms with Crippen molar-refractivity contribution in [3.05, 3.63) is 150 Å². The highest BCUT2D eigenvalue weighted by Gasteiger charge is 2.45. The number of rotatable bonds is 3. The standard InChI is InChI=1S/C31H22S/c32-30-20-19-24(21-27(30)22-11-3-1-4-12-22)31(23-13-5-2-6-14-23)28-17-9-7-15-25(28)26-16-8-10-18-29(26)31/h1-21,32H. The lowest BCUT2D eigenvalue weighted by atomic mass is 9.67. The van der Waals surface area contributed by atoms with E-state index in [2.05, 4.69) is 127 Å². The predicted molar refractivity (Wildman–Crippen MR) is 136 cm³/mol. The minimum absolute atomic E-state index is 0.376. The van der Waals surface area contributed by atoms with Crippen molar-refractivity contribution in [3.63, 3.8) is 0 Å². The highest BCUT2D eigenvalue weighted by molar-refractivity contribution is 7.80. The van der Waals surface area contributed by atoms with Gasteiger partial charge >= 0.3 is 0 Å². The molecule has 1 heteroatoms. The number of hydrogen-bond acceptors (Lipinski definition) is 1. The summed E-state index contributed by atoms with van der Waals surface area (Å²) in [6, 6.07) is 45.9. The van der Waals surface area contributed by atoms with Gasteiger partial charge in [0.1, 0.15) is 0 Å². The van der Waals surface area contributed by atoms with Crippen molar-refractivity contribution in [1.82, 2.24) is 0 Å². The summed E-state index contributed by atoms with van der Waals surface area (Å²) in [4.78, 5) is 0.989. The molecule has 5 aromatic carbocycles. The third-order valence-corrected chi connectivity index (χ3v) is 7.06. The van der Waals surface area contributed by atoms with Gasteiger partial charge in [0, 0.05) is 4.90 Å². The van der Waals surface area contributed by atoms with Crippen LogP contribution in [-0.2, 0) is 5.41 Å². The van der Waals surface area contributed by atoms with Gasteiger partial charge in [0.25, 0.3) is 0 Å². The summed E-state index contributed by atoms with van der Waals surface area (Å²) in [6.07, 6.45) is 0. The van der Waals surface area contributed by atoms with Gasteiger partial charge in [-0.25, -0.2) is 0 Å². The van der Waals surface area contributed by atoms with Crippen molar-refractivity contribution in [2.75, 3.05) is 0 Å². The summed E-state index contributed by atoms with van der Waals surface area (Å²) >= 11 is 4.82. The van der Waals surface area contributed by atoms with Gasteiger partial charge in [-0.15, -0.1) is 12.6 Å². The normalized spacial score (nSPS) is 13.4. The van der Waals surface area contributed by atoms with Crippen LogP contribution in [0.25, 0.3) is 22.3 Å². The maximum absolute atomic E-state index is 4.82. The first-order valence-electron chi connectivity index (χ1n) is 10.9. The second-order valence-electron chi connectivity index (χ2n) is 8.31. The van der Waals surface area contributed by atoms with E-state index >= 15 is 0 Å². The van der Waals surface area contributed by atoms with Crippen LogP contribution in [0.5, 0.6) is 0 Å². The van der Waals surface area contributed by atoms with Crippen molar-refractivity contribution < 1.29 is 0 Å². The average Bonchev–Trinajstić information content (AvgIpc) is 3.17. The molecule has 6 rings (SSSR count). The van der Waals surface area contributed by atoms with E-state index in [0.29, 0.717) is 0 Å². The summed E-state index contributed by atoms with van der Waals surface area (Å²) in [6.45, 7) is 0. The van der Waals surface area contributed by atoms with Gasteiger partial charge < -0.3 is 0 Å². The minimum Gasteiger partial charge on any atom is -0.143 e. The van der Waals surface area contributed by atoms with Crippen LogP contribution in [0.3, 0.4) is 0 Å². The summed E-state index contributed by atoms with van der Waals surface area (Å²) in [5, 5.41) is 0. The molecule has 1 aliphatic rings. The van der Waals surface area contributed by atoms with Crippen molar-refractivity contribution in [2.45, 2.75) is 10.3 Å². The molecule has 0 saturated heterocycles. The molecule has 0 unspecified atom stereocenters. The van der Waals surface area contributed by atoms with Gasteiger partial charge in [-0.1, -0.05) is 115 Å². The summed E-state index contributed by atoms with van der Waals surface area (Å²) in [5.41, 5.74) is 9.79. The first-order chi connectivity index (χ1) is 15.8. The second kappa shape index (κ2) is 7.55. The van der Waals surface area contributed by atoms with Crippen molar-refractivity contribution in [2.24, 2.45) is 0 Å². The van der Waals surface area contributed by atoms with Crippen LogP contribution >= 0.6 is 12.6 Å². The minimum atomic E-state index is -0.376. The van der Waals surface area contributed by atoms with Crippen LogP contribution in [0, 0.1) is 0 Å². The monoisotopic (exact) mass is 426 g/mol. The summed E-state index contributed by atoms with van der Waals surface area (Å²) in [7, 11) is 0. The maximum Gasteiger partial charge on any atom is 0.0713 e. The number of thiol groups is 1.